The largest absolute Gasteiger partial charge is 0.314 e. The standard InChI is InChI=1S/C14H25N3/c1-9(2)15-8-13-6-7-14(13)17-12(5)10(3)11(4)16-17/h9,13-15H,6-8H2,1-5H3. The van der Waals surface area contributed by atoms with Crippen LogP contribution in [0.1, 0.15) is 49.7 Å². The van der Waals surface area contributed by atoms with Crippen molar-refractivity contribution in [3.05, 3.63) is 17.0 Å². The van der Waals surface area contributed by atoms with Gasteiger partial charge in [0.25, 0.3) is 0 Å². The van der Waals surface area contributed by atoms with Gasteiger partial charge >= 0.3 is 0 Å². The van der Waals surface area contributed by atoms with Gasteiger partial charge in [-0.2, -0.15) is 5.10 Å². The summed E-state index contributed by atoms with van der Waals surface area (Å²) in [5, 5.41) is 8.24. The number of hydrogen-bond donors (Lipinski definition) is 1. The van der Waals surface area contributed by atoms with Crippen molar-refractivity contribution in [3.8, 4) is 0 Å². The lowest BCUT2D eigenvalue weighted by Crippen LogP contribution is -2.39. The van der Waals surface area contributed by atoms with Crippen molar-refractivity contribution in [2.45, 2.75) is 59.5 Å². The first kappa shape index (κ1) is 12.6. The topological polar surface area (TPSA) is 29.9 Å². The lowest BCUT2D eigenvalue weighted by molar-refractivity contribution is 0.157. The smallest absolute Gasteiger partial charge is 0.0625 e. The second kappa shape index (κ2) is 4.81. The van der Waals surface area contributed by atoms with Crippen LogP contribution < -0.4 is 5.32 Å². The van der Waals surface area contributed by atoms with Gasteiger partial charge < -0.3 is 5.32 Å². The van der Waals surface area contributed by atoms with Gasteiger partial charge in [0.15, 0.2) is 0 Å². The van der Waals surface area contributed by atoms with Crippen LogP contribution >= 0.6 is 0 Å². The molecular formula is C14H25N3. The minimum atomic E-state index is 0.582. The highest BCUT2D eigenvalue weighted by Gasteiger charge is 2.33. The first-order valence-corrected chi connectivity index (χ1v) is 6.76. The van der Waals surface area contributed by atoms with E-state index in [0.29, 0.717) is 12.1 Å². The van der Waals surface area contributed by atoms with E-state index in [0.717, 1.165) is 12.5 Å². The third kappa shape index (κ3) is 2.39. The molecular weight excluding hydrogens is 210 g/mol. The number of nitrogens with one attached hydrogen (secondary N) is 1. The number of aromatic nitrogens is 2. The Hall–Kier alpha value is -0.830. The van der Waals surface area contributed by atoms with Crippen molar-refractivity contribution in [1.29, 1.82) is 0 Å². The van der Waals surface area contributed by atoms with Crippen LogP contribution in [0.25, 0.3) is 0 Å². The van der Waals surface area contributed by atoms with Gasteiger partial charge in [-0.3, -0.25) is 4.68 Å². The second-order valence-corrected chi connectivity index (χ2v) is 5.71. The molecule has 1 fully saturated rings. The Morgan fingerprint density at radius 3 is 2.41 bits per heavy atom. The van der Waals surface area contributed by atoms with Crippen molar-refractivity contribution in [2.75, 3.05) is 6.54 Å². The van der Waals surface area contributed by atoms with Crippen LogP contribution in [-0.4, -0.2) is 22.4 Å². The summed E-state index contributed by atoms with van der Waals surface area (Å²) in [6, 6.07) is 1.20. The van der Waals surface area contributed by atoms with Crippen LogP contribution in [-0.2, 0) is 0 Å². The molecule has 1 heterocycles. The van der Waals surface area contributed by atoms with E-state index in [-0.39, 0.29) is 0 Å². The minimum absolute atomic E-state index is 0.582. The Balaban J connectivity index is 2.05. The predicted molar refractivity (Wildman–Crippen MR) is 71.3 cm³/mol. The van der Waals surface area contributed by atoms with Crippen molar-refractivity contribution >= 4 is 0 Å². The molecule has 1 aliphatic carbocycles. The molecule has 0 radical (unpaired) electrons. The summed E-state index contributed by atoms with van der Waals surface area (Å²) in [6.07, 6.45) is 2.62. The zero-order valence-electron chi connectivity index (χ0n) is 11.7. The molecule has 17 heavy (non-hydrogen) atoms. The molecule has 0 spiro atoms. The molecule has 96 valence electrons. The van der Waals surface area contributed by atoms with Crippen LogP contribution in [0.15, 0.2) is 0 Å². The Kier molecular flexibility index (Phi) is 3.57. The predicted octanol–water partition coefficient (Wildman–Crippen LogP) is 2.76. The Labute approximate surface area is 105 Å². The summed E-state index contributed by atoms with van der Waals surface area (Å²) < 4.78 is 2.26. The van der Waals surface area contributed by atoms with E-state index in [2.05, 4.69) is 44.6 Å². The van der Waals surface area contributed by atoms with E-state index in [1.54, 1.807) is 0 Å². The molecule has 1 N–H and O–H groups in total. The van der Waals surface area contributed by atoms with Crippen LogP contribution in [0.2, 0.25) is 0 Å². The van der Waals surface area contributed by atoms with Gasteiger partial charge in [0.1, 0.15) is 0 Å². The molecule has 3 nitrogen and oxygen atoms in total. The number of rotatable bonds is 4. The fourth-order valence-corrected chi connectivity index (χ4v) is 2.57. The maximum Gasteiger partial charge on any atom is 0.0625 e. The summed E-state index contributed by atoms with van der Waals surface area (Å²) in [5.74, 6) is 0.759. The zero-order chi connectivity index (χ0) is 12.6. The van der Waals surface area contributed by atoms with E-state index in [4.69, 9.17) is 5.10 Å². The van der Waals surface area contributed by atoms with E-state index in [1.807, 2.05) is 0 Å². The lowest BCUT2D eigenvalue weighted by atomic mass is 9.79. The molecule has 1 aromatic heterocycles. The van der Waals surface area contributed by atoms with E-state index in [9.17, 15) is 0 Å². The number of hydrogen-bond acceptors (Lipinski definition) is 2. The highest BCUT2D eigenvalue weighted by molar-refractivity contribution is 5.23. The van der Waals surface area contributed by atoms with Crippen molar-refractivity contribution in [2.24, 2.45) is 5.92 Å². The van der Waals surface area contributed by atoms with Gasteiger partial charge in [-0.15, -0.1) is 0 Å². The maximum atomic E-state index is 4.70. The molecule has 0 bridgehead atoms. The highest BCUT2D eigenvalue weighted by Crippen LogP contribution is 2.39. The molecule has 2 unspecified atom stereocenters. The Morgan fingerprint density at radius 2 is 2.00 bits per heavy atom. The molecule has 0 saturated heterocycles. The van der Waals surface area contributed by atoms with Gasteiger partial charge in [0.2, 0.25) is 0 Å². The van der Waals surface area contributed by atoms with E-state index >= 15 is 0 Å². The summed E-state index contributed by atoms with van der Waals surface area (Å²) >= 11 is 0. The third-order valence-corrected chi connectivity index (χ3v) is 4.17. The second-order valence-electron chi connectivity index (χ2n) is 5.71. The average Bonchev–Trinajstić information content (AvgIpc) is 2.45. The molecule has 2 rings (SSSR count). The molecule has 1 saturated carbocycles. The van der Waals surface area contributed by atoms with E-state index in [1.165, 1.54) is 29.8 Å². The summed E-state index contributed by atoms with van der Waals surface area (Å²) in [5.41, 5.74) is 3.89. The van der Waals surface area contributed by atoms with Gasteiger partial charge in [-0.1, -0.05) is 13.8 Å². The molecule has 0 amide bonds. The van der Waals surface area contributed by atoms with Gasteiger partial charge in [-0.05, 0) is 45.1 Å². The fraction of sp³-hybridized carbons (Fsp3) is 0.786. The molecule has 3 heteroatoms. The summed E-state index contributed by atoms with van der Waals surface area (Å²) in [7, 11) is 0. The molecule has 2 atom stereocenters. The quantitative estimate of drug-likeness (QED) is 0.869. The Morgan fingerprint density at radius 1 is 1.29 bits per heavy atom. The minimum Gasteiger partial charge on any atom is -0.314 e. The number of aryl methyl sites for hydroxylation is 1. The monoisotopic (exact) mass is 235 g/mol. The lowest BCUT2D eigenvalue weighted by Gasteiger charge is -2.38. The Bertz CT molecular complexity index is 392. The average molecular weight is 235 g/mol. The van der Waals surface area contributed by atoms with Gasteiger partial charge in [0.05, 0.1) is 11.7 Å². The van der Waals surface area contributed by atoms with Crippen LogP contribution in [0.3, 0.4) is 0 Å². The SMILES string of the molecule is Cc1nn(C2CCC2CNC(C)C)c(C)c1C. The zero-order valence-corrected chi connectivity index (χ0v) is 11.7. The van der Waals surface area contributed by atoms with Crippen LogP contribution in [0.5, 0.6) is 0 Å². The number of nitrogens with zero attached hydrogens (tertiary/aromatic N) is 2. The molecule has 1 aliphatic rings. The maximum absolute atomic E-state index is 4.70. The van der Waals surface area contributed by atoms with Gasteiger partial charge in [-0.25, -0.2) is 0 Å². The van der Waals surface area contributed by atoms with Gasteiger partial charge in [0, 0.05) is 18.3 Å². The van der Waals surface area contributed by atoms with Crippen molar-refractivity contribution in [3.63, 3.8) is 0 Å². The van der Waals surface area contributed by atoms with Crippen molar-refractivity contribution in [1.82, 2.24) is 15.1 Å². The molecule has 0 aromatic carbocycles. The molecule has 1 aromatic rings. The summed E-state index contributed by atoms with van der Waals surface area (Å²) in [4.78, 5) is 0. The first-order valence-electron chi connectivity index (χ1n) is 6.76. The molecule has 0 aliphatic heterocycles. The van der Waals surface area contributed by atoms with Crippen LogP contribution in [0.4, 0.5) is 0 Å². The highest BCUT2D eigenvalue weighted by atomic mass is 15.3. The van der Waals surface area contributed by atoms with Crippen molar-refractivity contribution < 1.29 is 0 Å². The fourth-order valence-electron chi connectivity index (χ4n) is 2.57. The van der Waals surface area contributed by atoms with Crippen LogP contribution in [0, 0.1) is 26.7 Å². The third-order valence-electron chi connectivity index (χ3n) is 4.17. The normalized spacial score (nSPS) is 24.1. The first-order chi connectivity index (χ1) is 8.00. The van der Waals surface area contributed by atoms with E-state index < -0.39 is 0 Å². The summed E-state index contributed by atoms with van der Waals surface area (Å²) in [6.45, 7) is 12.0.